The molecule has 1 aromatic rings. The zero-order chi connectivity index (χ0) is 13.4. The van der Waals surface area contributed by atoms with Crippen molar-refractivity contribution < 1.29 is 0 Å². The molecule has 0 bridgehead atoms. The number of hydrogen-bond acceptors (Lipinski definition) is 0. The summed E-state index contributed by atoms with van der Waals surface area (Å²) in [6, 6.07) is 4.66. The van der Waals surface area contributed by atoms with Crippen molar-refractivity contribution in [2.75, 3.05) is 0 Å². The van der Waals surface area contributed by atoms with E-state index >= 15 is 0 Å². The van der Waals surface area contributed by atoms with Gasteiger partial charge in [0.25, 0.3) is 0 Å². The zero-order valence-corrected chi connectivity index (χ0v) is 12.9. The van der Waals surface area contributed by atoms with Crippen LogP contribution >= 0.6 is 0 Å². The summed E-state index contributed by atoms with van der Waals surface area (Å²) in [6.45, 7) is 15.0. The topological polar surface area (TPSA) is 0 Å². The van der Waals surface area contributed by atoms with Crippen LogP contribution in [0.4, 0.5) is 0 Å². The lowest BCUT2D eigenvalue weighted by atomic mass is 9.96. The summed E-state index contributed by atoms with van der Waals surface area (Å²) in [5.74, 6) is 0.792. The molecule has 0 nitrogen and oxygen atoms in total. The van der Waals surface area contributed by atoms with E-state index in [1.54, 1.807) is 11.1 Å². The van der Waals surface area contributed by atoms with Gasteiger partial charge in [-0.1, -0.05) is 58.7 Å². The van der Waals surface area contributed by atoms with Crippen LogP contribution in [-0.2, 0) is 6.42 Å². The van der Waals surface area contributed by atoms with E-state index in [9.17, 15) is 0 Å². The summed E-state index contributed by atoms with van der Waals surface area (Å²) in [7, 11) is 0. The van der Waals surface area contributed by atoms with Gasteiger partial charge in [0.15, 0.2) is 0 Å². The van der Waals surface area contributed by atoms with E-state index in [4.69, 9.17) is 0 Å². The summed E-state index contributed by atoms with van der Waals surface area (Å²) in [4.78, 5) is 0. The Balaban J connectivity index is 0.000000450. The fourth-order valence-corrected chi connectivity index (χ4v) is 2.50. The van der Waals surface area contributed by atoms with Gasteiger partial charge >= 0.3 is 0 Å². The lowest BCUT2D eigenvalue weighted by molar-refractivity contribution is 0.744. The highest BCUT2D eigenvalue weighted by atomic mass is 14.2. The molecule has 0 spiro atoms. The summed E-state index contributed by atoms with van der Waals surface area (Å²) in [6.07, 6.45) is 3.89. The van der Waals surface area contributed by atoms with Crippen molar-refractivity contribution in [1.82, 2.24) is 0 Å². The number of aryl methyl sites for hydroxylation is 3. The molecule has 0 saturated carbocycles. The van der Waals surface area contributed by atoms with E-state index in [2.05, 4.69) is 46.8 Å². The lowest BCUT2D eigenvalue weighted by Crippen LogP contribution is -1.92. The van der Waals surface area contributed by atoms with Gasteiger partial charge < -0.3 is 0 Å². The van der Waals surface area contributed by atoms with E-state index in [0.29, 0.717) is 0 Å². The minimum Gasteiger partial charge on any atom is -0.0683 e. The Morgan fingerprint density at radius 2 is 1.65 bits per heavy atom. The summed E-state index contributed by atoms with van der Waals surface area (Å²) in [5.41, 5.74) is 6.14. The Labute approximate surface area is 108 Å². The molecule has 0 radical (unpaired) electrons. The van der Waals surface area contributed by atoms with Crippen LogP contribution in [0.5, 0.6) is 0 Å². The van der Waals surface area contributed by atoms with Crippen molar-refractivity contribution in [1.29, 1.82) is 0 Å². The van der Waals surface area contributed by atoms with Crippen LogP contribution < -0.4 is 0 Å². The molecule has 0 N–H and O–H groups in total. The highest BCUT2D eigenvalue weighted by Crippen LogP contribution is 2.35. The molecule has 1 atom stereocenters. The quantitative estimate of drug-likeness (QED) is 0.532. The summed E-state index contributed by atoms with van der Waals surface area (Å²) < 4.78 is 0. The molecule has 98 valence electrons. The minimum absolute atomic E-state index is 0.792. The molecule has 0 heterocycles. The number of rotatable bonds is 0. The second-order valence-corrected chi connectivity index (χ2v) is 4.80. The average Bonchev–Trinajstić information content (AvgIpc) is 2.64. The molecular weight excluding hydrogens is 204 g/mol. The standard InChI is InChI=1S/C12H16.C3H8.C2H6/c1-8-6-10(3)12-9(2)4-5-11(12)7-8;1-3-2;1-2/h6-7,9H,4-5H2,1-3H3;3H2,1-2H3;1-2H3. The molecule has 17 heavy (non-hydrogen) atoms. The predicted molar refractivity (Wildman–Crippen MR) is 80.0 cm³/mol. The fraction of sp³-hybridized carbons (Fsp3) is 0.647. The van der Waals surface area contributed by atoms with E-state index in [0.717, 1.165) is 5.92 Å². The number of hydrogen-bond donors (Lipinski definition) is 0. The maximum atomic E-state index is 2.35. The minimum atomic E-state index is 0.792. The lowest BCUT2D eigenvalue weighted by Gasteiger charge is -2.09. The van der Waals surface area contributed by atoms with Crippen molar-refractivity contribution in [3.63, 3.8) is 0 Å². The highest BCUT2D eigenvalue weighted by Gasteiger charge is 2.20. The molecule has 0 fully saturated rings. The van der Waals surface area contributed by atoms with Gasteiger partial charge in [0.05, 0.1) is 0 Å². The van der Waals surface area contributed by atoms with Crippen LogP contribution in [0.1, 0.15) is 75.6 Å². The largest absolute Gasteiger partial charge is 0.0683 e. The maximum absolute atomic E-state index is 2.35. The monoisotopic (exact) mass is 234 g/mol. The first-order valence-corrected chi connectivity index (χ1v) is 7.20. The van der Waals surface area contributed by atoms with Crippen molar-refractivity contribution >= 4 is 0 Å². The van der Waals surface area contributed by atoms with Gasteiger partial charge in [-0.3, -0.25) is 0 Å². The molecule has 1 aliphatic rings. The van der Waals surface area contributed by atoms with Gasteiger partial charge in [-0.15, -0.1) is 0 Å². The van der Waals surface area contributed by atoms with Crippen molar-refractivity contribution in [2.24, 2.45) is 0 Å². The maximum Gasteiger partial charge on any atom is -0.0182 e. The second kappa shape index (κ2) is 8.33. The molecule has 0 heteroatoms. The van der Waals surface area contributed by atoms with E-state index in [-0.39, 0.29) is 0 Å². The zero-order valence-electron chi connectivity index (χ0n) is 12.9. The Morgan fingerprint density at radius 1 is 1.12 bits per heavy atom. The molecule has 0 aliphatic heterocycles. The molecule has 1 aromatic carbocycles. The van der Waals surface area contributed by atoms with Crippen LogP contribution in [0.15, 0.2) is 12.1 Å². The molecule has 0 saturated heterocycles. The van der Waals surface area contributed by atoms with E-state index in [1.807, 2.05) is 13.8 Å². The fourth-order valence-electron chi connectivity index (χ4n) is 2.50. The van der Waals surface area contributed by atoms with Crippen molar-refractivity contribution in [3.8, 4) is 0 Å². The van der Waals surface area contributed by atoms with Gasteiger partial charge in [0.1, 0.15) is 0 Å². The van der Waals surface area contributed by atoms with Crippen LogP contribution in [0.2, 0.25) is 0 Å². The second-order valence-electron chi connectivity index (χ2n) is 4.80. The molecular formula is C17H30. The van der Waals surface area contributed by atoms with E-state index in [1.165, 1.54) is 30.4 Å². The normalized spacial score (nSPS) is 16.3. The molecule has 0 amide bonds. The van der Waals surface area contributed by atoms with E-state index < -0.39 is 0 Å². The van der Waals surface area contributed by atoms with Gasteiger partial charge in [-0.25, -0.2) is 0 Å². The van der Waals surface area contributed by atoms with Crippen molar-refractivity contribution in [2.45, 2.75) is 73.6 Å². The summed E-state index contributed by atoms with van der Waals surface area (Å²) in [5, 5.41) is 0. The number of fused-ring (bicyclic) bond motifs is 1. The number of benzene rings is 1. The van der Waals surface area contributed by atoms with Crippen LogP contribution in [-0.4, -0.2) is 0 Å². The molecule has 0 aromatic heterocycles. The first-order chi connectivity index (χ1) is 8.10. The van der Waals surface area contributed by atoms with Crippen LogP contribution in [0, 0.1) is 13.8 Å². The third kappa shape index (κ3) is 4.53. The Morgan fingerprint density at radius 3 is 2.18 bits per heavy atom. The van der Waals surface area contributed by atoms with Gasteiger partial charge in [0.2, 0.25) is 0 Å². The third-order valence-corrected chi connectivity index (χ3v) is 2.96. The Kier molecular flexibility index (Phi) is 7.95. The Hall–Kier alpha value is -0.780. The predicted octanol–water partition coefficient (Wildman–Crippen LogP) is 5.80. The molecule has 1 unspecified atom stereocenters. The summed E-state index contributed by atoms with van der Waals surface area (Å²) >= 11 is 0. The van der Waals surface area contributed by atoms with Crippen LogP contribution in [0.25, 0.3) is 0 Å². The highest BCUT2D eigenvalue weighted by molar-refractivity contribution is 5.43. The average molecular weight is 234 g/mol. The first-order valence-electron chi connectivity index (χ1n) is 7.20. The van der Waals surface area contributed by atoms with Gasteiger partial charge in [-0.2, -0.15) is 0 Å². The van der Waals surface area contributed by atoms with Crippen molar-refractivity contribution in [3.05, 3.63) is 34.4 Å². The van der Waals surface area contributed by atoms with Gasteiger partial charge in [-0.05, 0) is 49.3 Å². The third-order valence-electron chi connectivity index (χ3n) is 2.96. The SMILES string of the molecule is CC.CCC.Cc1cc(C)c2c(c1)CCC2C. The smallest absolute Gasteiger partial charge is 0.0182 e. The van der Waals surface area contributed by atoms with Crippen LogP contribution in [0.3, 0.4) is 0 Å². The molecule has 1 aliphatic carbocycles. The van der Waals surface area contributed by atoms with Gasteiger partial charge in [0, 0.05) is 0 Å². The Bertz CT molecular complexity index is 323. The molecule has 2 rings (SSSR count). The first kappa shape index (κ1) is 16.2.